The lowest BCUT2D eigenvalue weighted by Crippen LogP contribution is -2.31. The van der Waals surface area contributed by atoms with Crippen molar-refractivity contribution < 1.29 is 13.2 Å². The van der Waals surface area contributed by atoms with Gasteiger partial charge < -0.3 is 4.55 Å². The zero-order chi connectivity index (χ0) is 24.2. The zero-order valence-electron chi connectivity index (χ0n) is 18.7. The summed E-state index contributed by atoms with van der Waals surface area (Å²) >= 11 is -2.43. The number of halogens is 1. The second-order valence-electron chi connectivity index (χ2n) is 8.75. The molecule has 1 fully saturated rings. The maximum Gasteiger partial charge on any atom is 0.139 e. The van der Waals surface area contributed by atoms with E-state index in [1.165, 1.54) is 12.1 Å². The molecule has 0 bridgehead atoms. The van der Waals surface area contributed by atoms with Crippen LogP contribution in [0.3, 0.4) is 0 Å². The summed E-state index contributed by atoms with van der Waals surface area (Å²) in [4.78, 5) is 9.43. The fourth-order valence-electron chi connectivity index (χ4n) is 4.33. The Hall–Kier alpha value is -3.73. The van der Waals surface area contributed by atoms with Gasteiger partial charge in [-0.2, -0.15) is 5.10 Å². The number of hydrogen-bond acceptors (Lipinski definition) is 5. The minimum absolute atomic E-state index is 0.324. The SMILES string of the molecule is Cn1cc(-c2ccc3c(c2)ncn3-c2cc(-c3ccc(F)cc3)cc(C3(NS(=O)[O-])CC3)n2)cn1. The van der Waals surface area contributed by atoms with Crippen molar-refractivity contribution in [2.75, 3.05) is 0 Å². The van der Waals surface area contributed by atoms with Gasteiger partial charge in [-0.3, -0.25) is 13.5 Å². The van der Waals surface area contributed by atoms with E-state index < -0.39 is 16.8 Å². The Balaban J connectivity index is 1.48. The lowest BCUT2D eigenvalue weighted by Gasteiger charge is -2.20. The van der Waals surface area contributed by atoms with Crippen LogP contribution in [0.5, 0.6) is 0 Å². The highest BCUT2D eigenvalue weighted by Gasteiger charge is 2.46. The second-order valence-corrected chi connectivity index (χ2v) is 9.42. The first-order valence-electron chi connectivity index (χ1n) is 11.0. The molecule has 1 N–H and O–H groups in total. The fraction of sp³-hybridized carbons (Fsp3) is 0.160. The number of rotatable bonds is 6. The Kier molecular flexibility index (Phi) is 5.10. The molecule has 1 atom stereocenters. The van der Waals surface area contributed by atoms with Gasteiger partial charge in [0.2, 0.25) is 0 Å². The van der Waals surface area contributed by atoms with E-state index in [9.17, 15) is 13.2 Å². The minimum Gasteiger partial charge on any atom is -0.760 e. The molecular formula is C25H20FN6O2S-. The third-order valence-electron chi connectivity index (χ3n) is 6.34. The quantitative estimate of drug-likeness (QED) is 0.365. The number of aromatic nitrogens is 5. The number of aryl methyl sites for hydroxylation is 1. The number of benzene rings is 2. The molecule has 1 saturated carbocycles. The van der Waals surface area contributed by atoms with E-state index in [4.69, 9.17) is 4.98 Å². The standard InChI is InChI=1S/C25H21FN6O2S/c1-31-14-19(13-28-31)17-4-7-22-21(10-17)27-15-32(22)24-12-18(16-2-5-20(26)6-3-16)11-23(29-24)25(8-9-25)30-35(33)34/h2-7,10-15,30H,8-9H2,1H3,(H,33,34)/p-1. The van der Waals surface area contributed by atoms with Gasteiger partial charge in [0, 0.05) is 30.1 Å². The minimum atomic E-state index is -2.43. The molecule has 0 spiro atoms. The summed E-state index contributed by atoms with van der Waals surface area (Å²) in [6.45, 7) is 0. The van der Waals surface area contributed by atoms with Gasteiger partial charge in [0.05, 0.1) is 28.5 Å². The summed E-state index contributed by atoms with van der Waals surface area (Å²) in [5.41, 5.74) is 5.15. The van der Waals surface area contributed by atoms with E-state index in [2.05, 4.69) is 14.8 Å². The van der Waals surface area contributed by atoms with Crippen LogP contribution in [-0.2, 0) is 23.9 Å². The van der Waals surface area contributed by atoms with Gasteiger partial charge in [0.1, 0.15) is 18.0 Å². The summed E-state index contributed by atoms with van der Waals surface area (Å²) < 4.78 is 42.7. The summed E-state index contributed by atoms with van der Waals surface area (Å²) in [6, 6.07) is 15.9. The van der Waals surface area contributed by atoms with Gasteiger partial charge in [-0.15, -0.1) is 0 Å². The molecule has 3 aromatic heterocycles. The molecule has 176 valence electrons. The molecule has 6 rings (SSSR count). The second kappa shape index (κ2) is 8.19. The lowest BCUT2D eigenvalue weighted by atomic mass is 10.0. The van der Waals surface area contributed by atoms with Crippen molar-refractivity contribution in [2.45, 2.75) is 18.4 Å². The topological polar surface area (TPSA) is 101 Å². The number of imidazole rings is 1. The normalized spacial score (nSPS) is 15.4. The number of pyridine rings is 1. The van der Waals surface area contributed by atoms with Crippen molar-refractivity contribution in [3.8, 4) is 28.1 Å². The van der Waals surface area contributed by atoms with E-state index in [1.54, 1.807) is 29.3 Å². The van der Waals surface area contributed by atoms with E-state index in [1.807, 2.05) is 48.1 Å². The zero-order valence-corrected chi connectivity index (χ0v) is 19.5. The number of nitrogens with zero attached hydrogens (tertiary/aromatic N) is 5. The third-order valence-corrected chi connectivity index (χ3v) is 6.90. The molecule has 1 aliphatic carbocycles. The molecule has 35 heavy (non-hydrogen) atoms. The third kappa shape index (κ3) is 4.05. The molecule has 0 amide bonds. The number of hydrogen-bond donors (Lipinski definition) is 1. The molecule has 0 radical (unpaired) electrons. The molecule has 1 aliphatic rings. The molecule has 10 heteroatoms. The van der Waals surface area contributed by atoms with Gasteiger partial charge >= 0.3 is 0 Å². The smallest absolute Gasteiger partial charge is 0.139 e. The average molecular weight is 488 g/mol. The fourth-order valence-corrected chi connectivity index (χ4v) is 4.96. The summed E-state index contributed by atoms with van der Waals surface area (Å²) in [6.07, 6.45) is 6.76. The van der Waals surface area contributed by atoms with Gasteiger partial charge in [-0.25, -0.2) is 19.1 Å². The highest BCUT2D eigenvalue weighted by Crippen LogP contribution is 2.46. The monoisotopic (exact) mass is 487 g/mol. The van der Waals surface area contributed by atoms with E-state index >= 15 is 0 Å². The summed E-state index contributed by atoms with van der Waals surface area (Å²) in [5.74, 6) is 0.276. The van der Waals surface area contributed by atoms with Gasteiger partial charge in [-0.1, -0.05) is 18.2 Å². The predicted molar refractivity (Wildman–Crippen MR) is 129 cm³/mol. The van der Waals surface area contributed by atoms with Crippen LogP contribution in [0.4, 0.5) is 4.39 Å². The number of fused-ring (bicyclic) bond motifs is 1. The Morgan fingerprint density at radius 3 is 2.49 bits per heavy atom. The van der Waals surface area contributed by atoms with Crippen molar-refractivity contribution in [1.29, 1.82) is 0 Å². The van der Waals surface area contributed by atoms with Crippen LogP contribution in [-0.4, -0.2) is 33.1 Å². The van der Waals surface area contributed by atoms with Crippen LogP contribution >= 0.6 is 0 Å². The Morgan fingerprint density at radius 1 is 1.03 bits per heavy atom. The molecule has 0 saturated heterocycles. The van der Waals surface area contributed by atoms with Crippen LogP contribution in [0, 0.1) is 5.82 Å². The predicted octanol–water partition coefficient (Wildman–Crippen LogP) is 4.00. The molecule has 1 unspecified atom stereocenters. The molecule has 2 aromatic carbocycles. The van der Waals surface area contributed by atoms with Gasteiger partial charge in [-0.05, 0) is 65.9 Å². The van der Waals surface area contributed by atoms with E-state index in [0.717, 1.165) is 33.3 Å². The first-order valence-corrected chi connectivity index (χ1v) is 12.1. The van der Waals surface area contributed by atoms with Crippen LogP contribution in [0.2, 0.25) is 0 Å². The Bertz CT molecular complexity index is 1590. The average Bonchev–Trinajstić information content (AvgIpc) is 3.29. The molecular weight excluding hydrogens is 467 g/mol. The van der Waals surface area contributed by atoms with Crippen molar-refractivity contribution in [1.82, 2.24) is 29.0 Å². The van der Waals surface area contributed by atoms with Crippen LogP contribution in [0.25, 0.3) is 39.1 Å². The first-order chi connectivity index (χ1) is 16.9. The molecule has 3 heterocycles. The van der Waals surface area contributed by atoms with Crippen molar-refractivity contribution in [2.24, 2.45) is 7.05 Å². The summed E-state index contributed by atoms with van der Waals surface area (Å²) in [7, 11) is 1.87. The highest BCUT2D eigenvalue weighted by atomic mass is 32.2. The molecule has 8 nitrogen and oxygen atoms in total. The maximum atomic E-state index is 13.5. The lowest BCUT2D eigenvalue weighted by molar-refractivity contribution is 0.498. The number of nitrogens with one attached hydrogen (secondary N) is 1. The van der Waals surface area contributed by atoms with E-state index in [0.29, 0.717) is 24.4 Å². The van der Waals surface area contributed by atoms with E-state index in [-0.39, 0.29) is 5.82 Å². The van der Waals surface area contributed by atoms with Crippen LogP contribution in [0.15, 0.2) is 73.3 Å². The van der Waals surface area contributed by atoms with Crippen molar-refractivity contribution in [3.05, 3.63) is 84.8 Å². The van der Waals surface area contributed by atoms with Gasteiger partial charge in [0.15, 0.2) is 0 Å². The largest absolute Gasteiger partial charge is 0.760 e. The van der Waals surface area contributed by atoms with Crippen LogP contribution in [0.1, 0.15) is 18.5 Å². The summed E-state index contributed by atoms with van der Waals surface area (Å²) in [5, 5.41) is 4.24. The maximum absolute atomic E-state index is 13.5. The van der Waals surface area contributed by atoms with Gasteiger partial charge in [0.25, 0.3) is 0 Å². The van der Waals surface area contributed by atoms with Crippen molar-refractivity contribution in [3.63, 3.8) is 0 Å². The Labute approximate surface area is 202 Å². The molecule has 5 aromatic rings. The Morgan fingerprint density at radius 2 is 1.80 bits per heavy atom. The first kappa shape index (κ1) is 21.8. The molecule has 0 aliphatic heterocycles. The van der Waals surface area contributed by atoms with Crippen LogP contribution < -0.4 is 4.72 Å². The highest BCUT2D eigenvalue weighted by molar-refractivity contribution is 7.77. The van der Waals surface area contributed by atoms with Crippen molar-refractivity contribution >= 4 is 22.3 Å².